The summed E-state index contributed by atoms with van der Waals surface area (Å²) in [5, 5.41) is 15.0. The first-order valence-corrected chi connectivity index (χ1v) is 12.2. The predicted octanol–water partition coefficient (Wildman–Crippen LogP) is 5.20. The first kappa shape index (κ1) is 28.3. The van der Waals surface area contributed by atoms with Crippen LogP contribution in [-0.2, 0) is 16.1 Å². The van der Waals surface area contributed by atoms with Gasteiger partial charge in [-0.25, -0.2) is 14.2 Å². The maximum Gasteiger partial charge on any atom is 0.412 e. The summed E-state index contributed by atoms with van der Waals surface area (Å²) in [6.07, 6.45) is 0.920. The number of aromatic nitrogens is 1. The van der Waals surface area contributed by atoms with Gasteiger partial charge in [-0.3, -0.25) is 20.7 Å². The largest absolute Gasteiger partial charge is 0.448 e. The zero-order chi connectivity index (χ0) is 27.2. The molecule has 197 valence electrons. The van der Waals surface area contributed by atoms with Gasteiger partial charge in [-0.15, -0.1) is 0 Å². The van der Waals surface area contributed by atoms with E-state index >= 15 is 0 Å². The molecule has 0 aliphatic carbocycles. The van der Waals surface area contributed by atoms with Crippen molar-refractivity contribution in [2.24, 2.45) is 0 Å². The van der Waals surface area contributed by atoms with Crippen LogP contribution in [0.4, 0.5) is 15.0 Å². The first-order valence-electron chi connectivity index (χ1n) is 11.9. The van der Waals surface area contributed by atoms with Gasteiger partial charge >= 0.3 is 6.09 Å². The van der Waals surface area contributed by atoms with E-state index in [-0.39, 0.29) is 25.3 Å². The molecule has 2 atom stereocenters. The zero-order valence-corrected chi connectivity index (χ0v) is 21.8. The molecule has 1 aromatic heterocycles. The molecule has 1 heterocycles. The van der Waals surface area contributed by atoms with Crippen LogP contribution < -0.4 is 11.1 Å². The first-order chi connectivity index (χ1) is 17.4. The Bertz CT molecular complexity index is 1250. The van der Waals surface area contributed by atoms with E-state index in [1.807, 2.05) is 23.1 Å². The Morgan fingerprint density at radius 1 is 1.22 bits per heavy atom. The third-order valence-electron chi connectivity index (χ3n) is 5.88. The Morgan fingerprint density at radius 2 is 1.95 bits per heavy atom. The summed E-state index contributed by atoms with van der Waals surface area (Å²) in [5.74, 6) is -0.931. The molecule has 2 aromatic carbocycles. The van der Waals surface area contributed by atoms with Crippen molar-refractivity contribution in [1.82, 2.24) is 15.6 Å². The molecule has 1 radical (unpaired) electrons. The molecule has 0 bridgehead atoms. The summed E-state index contributed by atoms with van der Waals surface area (Å²) in [5.41, 5.74) is 7.13. The van der Waals surface area contributed by atoms with Gasteiger partial charge in [-0.1, -0.05) is 29.8 Å². The monoisotopic (exact) mass is 529 g/mol. The van der Waals surface area contributed by atoms with Gasteiger partial charge in [0.05, 0.1) is 5.60 Å². The normalized spacial score (nSPS) is 13.4. The van der Waals surface area contributed by atoms with Gasteiger partial charge in [-0.05, 0) is 68.5 Å². The molecule has 1 unspecified atom stereocenters. The lowest BCUT2D eigenvalue weighted by Crippen LogP contribution is -2.48. The molecule has 0 saturated heterocycles. The van der Waals surface area contributed by atoms with Crippen molar-refractivity contribution in [3.63, 3.8) is 0 Å². The van der Waals surface area contributed by atoms with E-state index in [0.29, 0.717) is 17.0 Å². The lowest BCUT2D eigenvalue weighted by Gasteiger charge is -2.38. The molecule has 3 rings (SSSR count). The number of rotatable bonds is 11. The number of carbonyl (C=O) groups excluding carboxylic acids is 2. The quantitative estimate of drug-likeness (QED) is 0.353. The van der Waals surface area contributed by atoms with Gasteiger partial charge in [0.25, 0.3) is 0 Å². The lowest BCUT2D eigenvalue weighted by molar-refractivity contribution is -0.120. The van der Waals surface area contributed by atoms with Crippen LogP contribution in [0.15, 0.2) is 54.7 Å². The summed E-state index contributed by atoms with van der Waals surface area (Å²) in [6, 6.07) is 12.2. The van der Waals surface area contributed by atoms with Crippen molar-refractivity contribution in [2.75, 3.05) is 11.9 Å². The standard InChI is InChI=1S/C27H31ClFN4O4/c1-17(10-24(30)34)33(15-19-6-4-5-7-23(19)28)22(13-27(2,3)36)16-37-26(35)32-25-12-20-11-21(29)9-8-18(20)14-31-25/h4-9,11-12,14,17,22,30,36H,10,13,15-16H2,1-3H3,(H,31,32,35)/t17?,22-/m0/s1. The molecule has 8 nitrogen and oxygen atoms in total. The molecule has 0 saturated carbocycles. The van der Waals surface area contributed by atoms with E-state index in [9.17, 15) is 19.1 Å². The zero-order valence-electron chi connectivity index (χ0n) is 21.0. The van der Waals surface area contributed by atoms with Crippen LogP contribution in [0.1, 0.15) is 39.2 Å². The molecule has 3 aromatic rings. The number of hydrogen-bond donors (Lipinski definition) is 2. The second-order valence-corrected chi connectivity index (χ2v) is 10.1. The van der Waals surface area contributed by atoms with E-state index in [4.69, 9.17) is 22.1 Å². The number of aliphatic hydroxyl groups is 1. The highest BCUT2D eigenvalue weighted by molar-refractivity contribution is 6.31. The number of anilines is 1. The Balaban J connectivity index is 1.78. The van der Waals surface area contributed by atoms with Crippen molar-refractivity contribution in [3.05, 3.63) is 71.1 Å². The van der Waals surface area contributed by atoms with E-state index in [0.717, 1.165) is 10.9 Å². The minimum Gasteiger partial charge on any atom is -0.448 e. The van der Waals surface area contributed by atoms with Gasteiger partial charge in [-0.2, -0.15) is 0 Å². The highest BCUT2D eigenvalue weighted by Gasteiger charge is 2.31. The fourth-order valence-corrected chi connectivity index (χ4v) is 4.39. The van der Waals surface area contributed by atoms with E-state index < -0.39 is 35.5 Å². The number of nitrogens with zero attached hydrogens (tertiary/aromatic N) is 2. The van der Waals surface area contributed by atoms with Gasteiger partial charge < -0.3 is 9.84 Å². The summed E-state index contributed by atoms with van der Waals surface area (Å²) in [6.45, 7) is 5.30. The fraction of sp³-hybridized carbons (Fsp3) is 0.370. The Kier molecular flexibility index (Phi) is 9.42. The molecule has 0 aliphatic rings. The van der Waals surface area contributed by atoms with E-state index in [1.165, 1.54) is 18.3 Å². The van der Waals surface area contributed by atoms with Gasteiger partial charge in [0, 0.05) is 41.7 Å². The number of pyridine rings is 1. The number of fused-ring (bicyclic) bond motifs is 1. The SMILES string of the molecule is CC(CC([NH])=O)N(Cc1ccccc1Cl)[C@H](COC(=O)Nc1cc2cc(F)ccc2cn1)CC(C)(C)O. The van der Waals surface area contributed by atoms with Crippen molar-refractivity contribution in [2.45, 2.75) is 57.8 Å². The van der Waals surface area contributed by atoms with Gasteiger partial charge in [0.15, 0.2) is 0 Å². The van der Waals surface area contributed by atoms with Crippen LogP contribution in [0.25, 0.3) is 10.8 Å². The average Bonchev–Trinajstić information content (AvgIpc) is 2.80. The Morgan fingerprint density at radius 3 is 2.62 bits per heavy atom. The van der Waals surface area contributed by atoms with Crippen LogP contribution in [0.2, 0.25) is 5.02 Å². The van der Waals surface area contributed by atoms with Crippen molar-refractivity contribution in [3.8, 4) is 0 Å². The minimum atomic E-state index is -1.11. The van der Waals surface area contributed by atoms with Crippen molar-refractivity contribution in [1.29, 1.82) is 0 Å². The highest BCUT2D eigenvalue weighted by atomic mass is 35.5. The number of amides is 2. The molecule has 3 N–H and O–H groups in total. The molecule has 0 spiro atoms. The average molecular weight is 530 g/mol. The summed E-state index contributed by atoms with van der Waals surface area (Å²) < 4.78 is 19.1. The van der Waals surface area contributed by atoms with Crippen LogP contribution in [-0.4, -0.2) is 51.3 Å². The number of ether oxygens (including phenoxy) is 1. The third-order valence-corrected chi connectivity index (χ3v) is 6.25. The molecule has 10 heteroatoms. The van der Waals surface area contributed by atoms with Crippen LogP contribution in [0.3, 0.4) is 0 Å². The number of hydrogen-bond acceptors (Lipinski definition) is 6. The Hall–Kier alpha value is -3.27. The van der Waals surface area contributed by atoms with Gasteiger partial charge in [0.2, 0.25) is 5.91 Å². The summed E-state index contributed by atoms with van der Waals surface area (Å²) in [4.78, 5) is 30.3. The van der Waals surface area contributed by atoms with E-state index in [1.54, 1.807) is 39.0 Å². The molecular weight excluding hydrogens is 499 g/mol. The van der Waals surface area contributed by atoms with Gasteiger partial charge in [0.1, 0.15) is 18.2 Å². The molecule has 0 aliphatic heterocycles. The highest BCUT2D eigenvalue weighted by Crippen LogP contribution is 2.25. The molecule has 2 amide bonds. The van der Waals surface area contributed by atoms with Crippen LogP contribution in [0.5, 0.6) is 0 Å². The maximum absolute atomic E-state index is 13.6. The summed E-state index contributed by atoms with van der Waals surface area (Å²) in [7, 11) is 0. The second kappa shape index (κ2) is 12.3. The number of nitrogens with one attached hydrogen (secondary N) is 2. The smallest absolute Gasteiger partial charge is 0.412 e. The lowest BCUT2D eigenvalue weighted by atomic mass is 9.96. The van der Waals surface area contributed by atoms with Crippen molar-refractivity contribution < 1.29 is 23.8 Å². The number of halogens is 2. The minimum absolute atomic E-state index is 0.0451. The van der Waals surface area contributed by atoms with Crippen LogP contribution >= 0.6 is 11.6 Å². The maximum atomic E-state index is 13.6. The Labute approximate surface area is 220 Å². The van der Waals surface area contributed by atoms with Crippen molar-refractivity contribution >= 4 is 40.2 Å². The molecular formula is C27H31ClFN4O4. The molecule has 0 fully saturated rings. The van der Waals surface area contributed by atoms with Crippen LogP contribution in [0, 0.1) is 5.82 Å². The number of carbonyl (C=O) groups is 2. The molecule has 37 heavy (non-hydrogen) atoms. The number of benzene rings is 2. The third kappa shape index (κ3) is 8.66. The topological polar surface area (TPSA) is 116 Å². The fourth-order valence-electron chi connectivity index (χ4n) is 4.19. The van der Waals surface area contributed by atoms with E-state index in [2.05, 4.69) is 10.3 Å². The second-order valence-electron chi connectivity index (χ2n) is 9.69. The predicted molar refractivity (Wildman–Crippen MR) is 141 cm³/mol. The summed E-state index contributed by atoms with van der Waals surface area (Å²) >= 11 is 6.38.